The van der Waals surface area contributed by atoms with E-state index in [1.165, 1.54) is 12.8 Å². The van der Waals surface area contributed by atoms with Crippen LogP contribution in [0.3, 0.4) is 0 Å². The molecular formula is C32H55N5O6. The lowest BCUT2D eigenvalue weighted by Gasteiger charge is -2.34. The quantitative estimate of drug-likeness (QED) is 0.224. The number of nitrogens with one attached hydrogen (secondary N) is 1. The summed E-state index contributed by atoms with van der Waals surface area (Å²) in [7, 11) is 3.46. The van der Waals surface area contributed by atoms with E-state index in [2.05, 4.69) is 26.9 Å². The summed E-state index contributed by atoms with van der Waals surface area (Å²) in [6, 6.07) is 7.88. The van der Waals surface area contributed by atoms with Crippen molar-refractivity contribution in [3.63, 3.8) is 0 Å². The summed E-state index contributed by atoms with van der Waals surface area (Å²) in [6.45, 7) is 13.8. The fourth-order valence-electron chi connectivity index (χ4n) is 5.08. The summed E-state index contributed by atoms with van der Waals surface area (Å²) in [5.41, 5.74) is 1.04. The minimum absolute atomic E-state index is 0.0459. The summed E-state index contributed by atoms with van der Waals surface area (Å²) in [6.07, 6.45) is 4.49. The zero-order valence-corrected chi connectivity index (χ0v) is 26.8. The molecule has 2 saturated heterocycles. The average Bonchev–Trinajstić information content (AvgIpc) is 3.02. The van der Waals surface area contributed by atoms with E-state index in [0.29, 0.717) is 39.5 Å². The molecule has 2 amide bonds. The predicted molar refractivity (Wildman–Crippen MR) is 167 cm³/mol. The number of likely N-dealkylation sites (tertiary alicyclic amines) is 1. The molecule has 43 heavy (non-hydrogen) atoms. The monoisotopic (exact) mass is 605 g/mol. The van der Waals surface area contributed by atoms with Gasteiger partial charge in [-0.2, -0.15) is 0 Å². The zero-order chi connectivity index (χ0) is 30.7. The highest BCUT2D eigenvalue weighted by Crippen LogP contribution is 2.16. The number of carbonyl (C=O) groups is 2. The van der Waals surface area contributed by atoms with E-state index in [4.69, 9.17) is 18.9 Å². The number of hydrogen-bond donors (Lipinski definition) is 1. The highest BCUT2D eigenvalue weighted by molar-refractivity contribution is 5.77. The van der Waals surface area contributed by atoms with Gasteiger partial charge >= 0.3 is 0 Å². The van der Waals surface area contributed by atoms with Crippen LogP contribution in [0.1, 0.15) is 38.2 Å². The van der Waals surface area contributed by atoms with Crippen LogP contribution in [0, 0.1) is 5.92 Å². The van der Waals surface area contributed by atoms with Gasteiger partial charge in [0.1, 0.15) is 19.0 Å². The Balaban J connectivity index is 1.14. The Bertz CT molecular complexity index is 904. The third-order valence-electron chi connectivity index (χ3n) is 8.13. The largest absolute Gasteiger partial charge is 0.492 e. The molecule has 1 N–H and O–H groups in total. The fourth-order valence-corrected chi connectivity index (χ4v) is 5.08. The first-order valence-corrected chi connectivity index (χ1v) is 16.0. The Morgan fingerprint density at radius 3 is 2.19 bits per heavy atom. The maximum atomic E-state index is 12.5. The minimum atomic E-state index is -0.0592. The molecule has 11 heteroatoms. The Hall–Kier alpha value is -2.28. The van der Waals surface area contributed by atoms with Crippen molar-refractivity contribution in [2.24, 2.45) is 5.92 Å². The van der Waals surface area contributed by atoms with Gasteiger partial charge in [-0.05, 0) is 49.3 Å². The molecule has 2 aliphatic rings. The second kappa shape index (κ2) is 20.6. The van der Waals surface area contributed by atoms with Crippen molar-refractivity contribution in [2.75, 3.05) is 113 Å². The molecule has 0 aliphatic carbocycles. The first kappa shape index (κ1) is 35.2. The van der Waals surface area contributed by atoms with Crippen LogP contribution >= 0.6 is 0 Å². The number of benzene rings is 1. The number of likely N-dealkylation sites (N-methyl/N-ethyl adjacent to an activating group) is 2. The lowest BCUT2D eigenvalue weighted by molar-refractivity contribution is -0.135. The van der Waals surface area contributed by atoms with Crippen LogP contribution in [0.15, 0.2) is 24.3 Å². The molecule has 0 unspecified atom stereocenters. The van der Waals surface area contributed by atoms with Crippen molar-refractivity contribution in [1.29, 1.82) is 0 Å². The number of ether oxygens (including phenoxy) is 4. The number of piperazine rings is 1. The van der Waals surface area contributed by atoms with E-state index >= 15 is 0 Å². The van der Waals surface area contributed by atoms with Gasteiger partial charge in [0.15, 0.2) is 0 Å². The first-order valence-electron chi connectivity index (χ1n) is 16.0. The Kier molecular flexibility index (Phi) is 16.9. The van der Waals surface area contributed by atoms with E-state index in [0.717, 1.165) is 89.2 Å². The summed E-state index contributed by atoms with van der Waals surface area (Å²) in [5.74, 6) is 1.67. The number of amides is 2. The van der Waals surface area contributed by atoms with E-state index in [9.17, 15) is 9.59 Å². The third kappa shape index (κ3) is 14.8. The van der Waals surface area contributed by atoms with Crippen LogP contribution in [-0.4, -0.2) is 144 Å². The van der Waals surface area contributed by atoms with Gasteiger partial charge in [-0.15, -0.1) is 0 Å². The molecule has 1 aromatic carbocycles. The minimum Gasteiger partial charge on any atom is -0.492 e. The molecule has 0 atom stereocenters. The van der Waals surface area contributed by atoms with Crippen molar-refractivity contribution in [1.82, 2.24) is 24.9 Å². The van der Waals surface area contributed by atoms with Crippen LogP contribution in [0.4, 0.5) is 0 Å². The number of nitrogens with zero attached hydrogens (tertiary/aromatic N) is 4. The Labute approximate surface area is 258 Å². The smallest absolute Gasteiger partial charge is 0.248 e. The zero-order valence-electron chi connectivity index (χ0n) is 26.8. The molecule has 0 radical (unpaired) electrons. The van der Waals surface area contributed by atoms with Crippen molar-refractivity contribution in [2.45, 2.75) is 39.2 Å². The van der Waals surface area contributed by atoms with Gasteiger partial charge in [0.2, 0.25) is 11.8 Å². The molecule has 3 rings (SSSR count). The highest BCUT2D eigenvalue weighted by Gasteiger charge is 2.18. The Morgan fingerprint density at radius 2 is 1.49 bits per heavy atom. The van der Waals surface area contributed by atoms with Crippen molar-refractivity contribution >= 4 is 11.8 Å². The summed E-state index contributed by atoms with van der Waals surface area (Å²) in [5, 5.41) is 2.68. The molecule has 1 aromatic rings. The molecule has 11 nitrogen and oxygen atoms in total. The molecular weight excluding hydrogens is 550 g/mol. The third-order valence-corrected chi connectivity index (χ3v) is 8.13. The number of rotatable bonds is 20. The lowest BCUT2D eigenvalue weighted by atomic mass is 10.00. The summed E-state index contributed by atoms with van der Waals surface area (Å²) >= 11 is 0. The topological polar surface area (TPSA) is 96.1 Å². The van der Waals surface area contributed by atoms with E-state index < -0.39 is 0 Å². The molecule has 244 valence electrons. The van der Waals surface area contributed by atoms with Crippen molar-refractivity contribution < 1.29 is 28.5 Å². The average molecular weight is 606 g/mol. The second-order valence-corrected chi connectivity index (χ2v) is 11.7. The van der Waals surface area contributed by atoms with Crippen LogP contribution in [0.2, 0.25) is 0 Å². The van der Waals surface area contributed by atoms with Gasteiger partial charge in [0.25, 0.3) is 0 Å². The van der Waals surface area contributed by atoms with Gasteiger partial charge in [-0.25, -0.2) is 0 Å². The van der Waals surface area contributed by atoms with Gasteiger partial charge in [0, 0.05) is 79.7 Å². The van der Waals surface area contributed by atoms with Gasteiger partial charge < -0.3 is 29.2 Å². The summed E-state index contributed by atoms with van der Waals surface area (Å²) < 4.78 is 22.9. The van der Waals surface area contributed by atoms with Crippen LogP contribution in [0.25, 0.3) is 0 Å². The van der Waals surface area contributed by atoms with Gasteiger partial charge in [-0.1, -0.05) is 19.1 Å². The van der Waals surface area contributed by atoms with E-state index in [1.807, 2.05) is 24.3 Å². The van der Waals surface area contributed by atoms with Crippen molar-refractivity contribution in [3.05, 3.63) is 29.8 Å². The molecule has 2 aliphatic heterocycles. The van der Waals surface area contributed by atoms with Gasteiger partial charge in [0.05, 0.1) is 26.5 Å². The normalized spacial score (nSPS) is 17.2. The first-order chi connectivity index (χ1) is 20.9. The van der Waals surface area contributed by atoms with E-state index in [1.54, 1.807) is 19.0 Å². The SMILES string of the molecule is CNC(=O)CN1CCN(CCOc2ccc(CN(C)C(=O)COCCOCCCCOCN3CCC(C)CC3)cc2)CC1. The van der Waals surface area contributed by atoms with Crippen LogP contribution in [0.5, 0.6) is 5.75 Å². The number of piperidine rings is 1. The molecule has 0 aromatic heterocycles. The van der Waals surface area contributed by atoms with Crippen LogP contribution in [-0.2, 0) is 30.3 Å². The fraction of sp³-hybridized carbons (Fsp3) is 0.750. The maximum Gasteiger partial charge on any atom is 0.248 e. The maximum absolute atomic E-state index is 12.5. The van der Waals surface area contributed by atoms with Gasteiger partial charge in [-0.3, -0.25) is 24.3 Å². The second-order valence-electron chi connectivity index (χ2n) is 11.7. The molecule has 0 bridgehead atoms. The number of hydrogen-bond acceptors (Lipinski definition) is 9. The highest BCUT2D eigenvalue weighted by atomic mass is 16.5. The molecule has 2 fully saturated rings. The molecule has 2 heterocycles. The number of unbranched alkanes of at least 4 members (excludes halogenated alkanes) is 1. The Morgan fingerprint density at radius 1 is 0.837 bits per heavy atom. The predicted octanol–water partition coefficient (Wildman–Crippen LogP) is 1.91. The van der Waals surface area contributed by atoms with Crippen LogP contribution < -0.4 is 10.1 Å². The summed E-state index contributed by atoms with van der Waals surface area (Å²) in [4.78, 5) is 32.6. The number of carbonyl (C=O) groups excluding carboxylic acids is 2. The van der Waals surface area contributed by atoms with Crippen molar-refractivity contribution in [3.8, 4) is 5.75 Å². The van der Waals surface area contributed by atoms with E-state index in [-0.39, 0.29) is 18.4 Å². The molecule has 0 spiro atoms. The lowest BCUT2D eigenvalue weighted by Crippen LogP contribution is -2.49. The molecule has 0 saturated carbocycles. The standard InChI is InChI=1S/C32H55N5O6/c1-28-10-12-37(13-11-28)27-42-20-5-4-19-40-22-23-41-26-32(39)34(3)24-29-6-8-30(9-7-29)43-21-18-35-14-16-36(17-15-35)25-31(38)33-2/h6-9,28H,4-5,10-27H2,1-3H3,(H,33,38).